The minimum absolute atomic E-state index is 0.114. The fraction of sp³-hybridized carbons (Fsp3) is 0.200. The first-order chi connectivity index (χ1) is 14.9. The lowest BCUT2D eigenvalue weighted by Crippen LogP contribution is -2.31. The second kappa shape index (κ2) is 10.2. The summed E-state index contributed by atoms with van der Waals surface area (Å²) in [5.41, 5.74) is 0.729. The molecule has 31 heavy (non-hydrogen) atoms. The van der Waals surface area contributed by atoms with E-state index in [4.69, 9.17) is 4.84 Å². The van der Waals surface area contributed by atoms with Crippen molar-refractivity contribution < 1.29 is 18.4 Å². The van der Waals surface area contributed by atoms with Gasteiger partial charge in [0, 0.05) is 23.1 Å². The lowest BCUT2D eigenvalue weighted by Gasteiger charge is -2.16. The average molecular weight is 494 g/mol. The van der Waals surface area contributed by atoms with Crippen molar-refractivity contribution in [3.05, 3.63) is 80.7 Å². The molecule has 1 aromatic carbocycles. The number of aromatic nitrogens is 3. The fourth-order valence-electron chi connectivity index (χ4n) is 2.63. The number of hydrogen-bond acceptors (Lipinski definition) is 6. The molecule has 1 amide bonds. The van der Waals surface area contributed by atoms with Crippen LogP contribution in [0.3, 0.4) is 0 Å². The average Bonchev–Trinajstić information content (AvgIpc) is 2.75. The Hall–Kier alpha value is -3.18. The summed E-state index contributed by atoms with van der Waals surface area (Å²) in [5, 5.41) is 2.51. The monoisotopic (exact) mass is 493 g/mol. The summed E-state index contributed by atoms with van der Waals surface area (Å²) < 4.78 is 30.8. The Kier molecular flexibility index (Phi) is 7.42. The van der Waals surface area contributed by atoms with Gasteiger partial charge in [-0.15, -0.1) is 0 Å². The van der Waals surface area contributed by atoms with E-state index in [2.05, 4.69) is 36.7 Å². The van der Waals surface area contributed by atoms with Gasteiger partial charge < -0.3 is 9.88 Å². The molecule has 2 heterocycles. The van der Waals surface area contributed by atoms with Crippen LogP contribution in [0.1, 0.15) is 29.4 Å². The Labute approximate surface area is 184 Å². The van der Waals surface area contributed by atoms with Crippen LogP contribution in [-0.2, 0) is 11.4 Å². The summed E-state index contributed by atoms with van der Waals surface area (Å²) in [5.74, 6) is -2.76. The molecule has 0 aliphatic carbocycles. The van der Waals surface area contributed by atoms with Crippen molar-refractivity contribution in [1.29, 1.82) is 0 Å². The maximum Gasteiger partial charge on any atom is 0.289 e. The number of pyridine rings is 1. The molecular weight excluding hydrogens is 476 g/mol. The van der Waals surface area contributed by atoms with Gasteiger partial charge in [0.1, 0.15) is 5.82 Å². The van der Waals surface area contributed by atoms with Gasteiger partial charge in [-0.25, -0.2) is 9.87 Å². The molecule has 0 atom stereocenters. The van der Waals surface area contributed by atoms with E-state index in [-0.39, 0.29) is 24.4 Å². The smallest absolute Gasteiger partial charge is 0.289 e. The molecule has 2 aromatic heterocycles. The molecule has 3 aromatic rings. The van der Waals surface area contributed by atoms with Gasteiger partial charge in [-0.1, -0.05) is 22.9 Å². The van der Waals surface area contributed by atoms with Crippen molar-refractivity contribution in [2.75, 3.05) is 11.9 Å². The SMILES string of the molecule is CCCONC(=O)c1cn(Cc2cnccn2)c(=O)c(F)c1Nc1ccc(Br)cc1F. The van der Waals surface area contributed by atoms with Crippen LogP contribution in [-0.4, -0.2) is 27.0 Å². The quantitative estimate of drug-likeness (QED) is 0.367. The number of nitrogens with one attached hydrogen (secondary N) is 2. The molecular formula is C20H18BrF2N5O3. The van der Waals surface area contributed by atoms with Gasteiger partial charge in [-0.3, -0.25) is 24.4 Å². The van der Waals surface area contributed by atoms with E-state index < -0.39 is 28.8 Å². The van der Waals surface area contributed by atoms with Crippen LogP contribution in [0, 0.1) is 11.6 Å². The van der Waals surface area contributed by atoms with E-state index in [9.17, 15) is 14.0 Å². The lowest BCUT2D eigenvalue weighted by atomic mass is 10.2. The third kappa shape index (κ3) is 5.50. The van der Waals surface area contributed by atoms with Crippen molar-refractivity contribution in [2.24, 2.45) is 0 Å². The Bertz CT molecular complexity index is 1140. The summed E-state index contributed by atoms with van der Waals surface area (Å²) in [6.07, 6.45) is 6.09. The number of carbonyl (C=O) groups excluding carboxylic acids is 1. The zero-order chi connectivity index (χ0) is 22.4. The molecule has 2 N–H and O–H groups in total. The van der Waals surface area contributed by atoms with Crippen molar-refractivity contribution in [2.45, 2.75) is 19.9 Å². The molecule has 0 unspecified atom stereocenters. The number of anilines is 2. The molecule has 0 saturated carbocycles. The second-order valence-corrected chi connectivity index (χ2v) is 7.31. The van der Waals surface area contributed by atoms with E-state index in [1.54, 1.807) is 0 Å². The third-order valence-corrected chi connectivity index (χ3v) is 4.57. The fourth-order valence-corrected chi connectivity index (χ4v) is 2.96. The van der Waals surface area contributed by atoms with Crippen LogP contribution in [0.2, 0.25) is 0 Å². The van der Waals surface area contributed by atoms with Crippen LogP contribution >= 0.6 is 15.9 Å². The number of benzene rings is 1. The van der Waals surface area contributed by atoms with Crippen molar-refractivity contribution >= 4 is 33.2 Å². The zero-order valence-corrected chi connectivity index (χ0v) is 17.9. The predicted molar refractivity (Wildman–Crippen MR) is 113 cm³/mol. The van der Waals surface area contributed by atoms with Crippen LogP contribution in [0.4, 0.5) is 20.2 Å². The number of halogens is 3. The Morgan fingerprint density at radius 3 is 2.77 bits per heavy atom. The zero-order valence-electron chi connectivity index (χ0n) is 16.4. The summed E-state index contributed by atoms with van der Waals surface area (Å²) in [6, 6.07) is 4.04. The summed E-state index contributed by atoms with van der Waals surface area (Å²) >= 11 is 3.13. The Balaban J connectivity index is 2.05. The minimum atomic E-state index is -1.26. The van der Waals surface area contributed by atoms with Gasteiger partial charge in [-0.05, 0) is 24.6 Å². The number of nitrogens with zero attached hydrogens (tertiary/aromatic N) is 3. The Morgan fingerprint density at radius 2 is 2.10 bits per heavy atom. The van der Waals surface area contributed by atoms with Crippen molar-refractivity contribution in [3.63, 3.8) is 0 Å². The third-order valence-electron chi connectivity index (χ3n) is 4.08. The number of rotatable bonds is 8. The first-order valence-electron chi connectivity index (χ1n) is 9.22. The van der Waals surface area contributed by atoms with E-state index in [1.807, 2.05) is 6.92 Å². The number of amides is 1. The second-order valence-electron chi connectivity index (χ2n) is 6.39. The van der Waals surface area contributed by atoms with Gasteiger partial charge in [-0.2, -0.15) is 4.39 Å². The van der Waals surface area contributed by atoms with Gasteiger partial charge in [0.15, 0.2) is 0 Å². The highest BCUT2D eigenvalue weighted by Gasteiger charge is 2.22. The molecule has 0 aliphatic heterocycles. The number of hydroxylamine groups is 1. The maximum atomic E-state index is 15.1. The normalized spacial score (nSPS) is 10.7. The number of hydrogen-bond donors (Lipinski definition) is 2. The topological polar surface area (TPSA) is 98.1 Å². The first kappa shape index (κ1) is 22.5. The van der Waals surface area contributed by atoms with Gasteiger partial charge in [0.25, 0.3) is 11.5 Å². The molecule has 0 bridgehead atoms. The van der Waals surface area contributed by atoms with Gasteiger partial charge >= 0.3 is 0 Å². The van der Waals surface area contributed by atoms with E-state index in [1.165, 1.54) is 36.8 Å². The predicted octanol–water partition coefficient (Wildman–Crippen LogP) is 3.54. The van der Waals surface area contributed by atoms with E-state index in [0.29, 0.717) is 16.6 Å². The van der Waals surface area contributed by atoms with E-state index >= 15 is 4.39 Å². The highest BCUT2D eigenvalue weighted by molar-refractivity contribution is 9.10. The molecule has 3 rings (SSSR count). The van der Waals surface area contributed by atoms with Crippen molar-refractivity contribution in [1.82, 2.24) is 20.0 Å². The van der Waals surface area contributed by atoms with E-state index in [0.717, 1.165) is 10.8 Å². The molecule has 0 spiro atoms. The molecule has 8 nitrogen and oxygen atoms in total. The largest absolute Gasteiger partial charge is 0.350 e. The molecule has 162 valence electrons. The summed E-state index contributed by atoms with van der Waals surface area (Å²) in [4.78, 5) is 38.2. The van der Waals surface area contributed by atoms with Crippen LogP contribution < -0.4 is 16.4 Å². The summed E-state index contributed by atoms with van der Waals surface area (Å²) in [7, 11) is 0. The Morgan fingerprint density at radius 1 is 1.29 bits per heavy atom. The molecule has 11 heteroatoms. The van der Waals surface area contributed by atoms with Crippen LogP contribution in [0.25, 0.3) is 0 Å². The molecule has 0 saturated heterocycles. The minimum Gasteiger partial charge on any atom is -0.350 e. The lowest BCUT2D eigenvalue weighted by molar-refractivity contribution is 0.0315. The van der Waals surface area contributed by atoms with Crippen LogP contribution in [0.15, 0.2) is 52.3 Å². The summed E-state index contributed by atoms with van der Waals surface area (Å²) in [6.45, 7) is 1.96. The highest BCUT2D eigenvalue weighted by Crippen LogP contribution is 2.26. The van der Waals surface area contributed by atoms with Crippen LogP contribution in [0.5, 0.6) is 0 Å². The van der Waals surface area contributed by atoms with Gasteiger partial charge in [0.05, 0.1) is 42.0 Å². The molecule has 0 aliphatic rings. The maximum absolute atomic E-state index is 15.1. The highest BCUT2D eigenvalue weighted by atomic mass is 79.9. The molecule has 0 fully saturated rings. The van der Waals surface area contributed by atoms with Gasteiger partial charge in [0.2, 0.25) is 5.82 Å². The number of carbonyl (C=O) groups is 1. The molecule has 0 radical (unpaired) electrons. The first-order valence-corrected chi connectivity index (χ1v) is 10.0. The van der Waals surface area contributed by atoms with Crippen molar-refractivity contribution in [3.8, 4) is 0 Å². The standard InChI is InChI=1S/C20H18BrF2N5O3/c1-2-7-31-27-19(29)14-11-28(10-13-9-24-5-6-25-13)20(30)17(23)18(14)26-16-4-3-12(21)8-15(16)22/h3-6,8-9,11,26H,2,7,10H2,1H3,(H,27,29).